The molecule has 0 aliphatic heterocycles. The molecule has 0 amide bonds. The fourth-order valence-corrected chi connectivity index (χ4v) is 5.93. The quantitative estimate of drug-likeness (QED) is 0.0241. The smallest absolute Gasteiger partial charge is 0.457 e. The van der Waals surface area contributed by atoms with Crippen LogP contribution in [0.1, 0.15) is 149 Å². The Morgan fingerprint density at radius 1 is 0.582 bits per heavy atom. The first kappa shape index (κ1) is 52.6. The maximum absolute atomic E-state index is 12.6. The van der Waals surface area contributed by atoms with E-state index in [0.717, 1.165) is 64.2 Å². The summed E-state index contributed by atoms with van der Waals surface area (Å²) in [6.07, 6.45) is 49.8. The third-order valence-corrected chi connectivity index (χ3v) is 9.28. The Kier molecular flexibility index (Phi) is 39.5. The largest absolute Gasteiger partial charge is 0.472 e. The predicted molar refractivity (Wildman–Crippen MR) is 228 cm³/mol. The Balaban J connectivity index is 4.36. The van der Waals surface area contributed by atoms with Crippen LogP contribution in [0.5, 0.6) is 0 Å². The third kappa shape index (κ3) is 41.1. The minimum Gasteiger partial charge on any atom is -0.457 e. The molecule has 0 radical (unpaired) electrons. The molecule has 0 aromatic heterocycles. The molecule has 0 bridgehead atoms. The van der Waals surface area contributed by atoms with E-state index in [-0.39, 0.29) is 13.0 Å². The summed E-state index contributed by atoms with van der Waals surface area (Å²) in [5, 5.41) is 18.3. The number of aliphatic hydroxyl groups excluding tert-OH is 2. The highest BCUT2D eigenvalue weighted by Gasteiger charge is 2.26. The number of allylic oxidation sites excluding steroid dienone is 14. The van der Waals surface area contributed by atoms with Crippen LogP contribution in [0, 0.1) is 0 Å². The number of phosphoric ester groups is 1. The fourth-order valence-electron chi connectivity index (χ4n) is 5.14. The molecule has 0 fully saturated rings. The standard InChI is InChI=1S/C45H77O9P/c1-3-5-7-9-11-13-15-17-19-20-21-22-23-25-27-29-31-33-35-37-45(48)54-44(42-53-55(49,50)52-40-43(47)39-46)41-51-38-36-34-32-30-28-26-24-18-16-14-12-10-8-6-4-2/h5,7,11,13,16-19,21-22,25,27,31,33,43-44,46-47H,3-4,6,8-10,12,14-15,20,23-24,26,28-30,32,34-42H2,1-2H3,(H,49,50)/b7-5-,13-11-,18-16-,19-17-,22-21-,27-25-,33-31-. The van der Waals surface area contributed by atoms with Crippen molar-refractivity contribution in [3.63, 3.8) is 0 Å². The van der Waals surface area contributed by atoms with Gasteiger partial charge in [-0.25, -0.2) is 4.57 Å². The second kappa shape index (κ2) is 41.3. The second-order valence-corrected chi connectivity index (χ2v) is 15.1. The van der Waals surface area contributed by atoms with Crippen molar-refractivity contribution in [2.75, 3.05) is 33.0 Å². The van der Waals surface area contributed by atoms with Gasteiger partial charge >= 0.3 is 13.8 Å². The molecule has 316 valence electrons. The normalized spacial score (nSPS) is 14.9. The molecule has 3 N–H and O–H groups in total. The molecule has 10 heteroatoms. The van der Waals surface area contributed by atoms with Crippen LogP contribution >= 0.6 is 7.82 Å². The van der Waals surface area contributed by atoms with Crippen molar-refractivity contribution in [2.45, 2.75) is 161 Å². The van der Waals surface area contributed by atoms with Crippen molar-refractivity contribution < 1.29 is 43.0 Å². The van der Waals surface area contributed by atoms with Gasteiger partial charge in [0.05, 0.1) is 26.4 Å². The van der Waals surface area contributed by atoms with Crippen molar-refractivity contribution in [2.24, 2.45) is 0 Å². The Labute approximate surface area is 335 Å². The van der Waals surface area contributed by atoms with E-state index in [2.05, 4.69) is 86.8 Å². The molecule has 0 aliphatic carbocycles. The van der Waals surface area contributed by atoms with E-state index in [1.807, 2.05) is 12.2 Å². The lowest BCUT2D eigenvalue weighted by atomic mass is 10.1. The highest BCUT2D eigenvalue weighted by atomic mass is 31.2. The van der Waals surface area contributed by atoms with Crippen molar-refractivity contribution in [3.8, 4) is 0 Å². The molecule has 3 atom stereocenters. The molecular weight excluding hydrogens is 715 g/mol. The van der Waals surface area contributed by atoms with Crippen LogP contribution < -0.4 is 0 Å². The van der Waals surface area contributed by atoms with E-state index in [4.69, 9.17) is 23.6 Å². The van der Waals surface area contributed by atoms with E-state index >= 15 is 0 Å². The summed E-state index contributed by atoms with van der Waals surface area (Å²) in [6.45, 7) is 3.25. The Morgan fingerprint density at radius 2 is 1.04 bits per heavy atom. The van der Waals surface area contributed by atoms with Crippen molar-refractivity contribution >= 4 is 13.8 Å². The first-order valence-electron chi connectivity index (χ1n) is 21.1. The summed E-state index contributed by atoms with van der Waals surface area (Å²) < 4.78 is 33.2. The van der Waals surface area contributed by atoms with Gasteiger partial charge in [-0.15, -0.1) is 0 Å². The minimum absolute atomic E-state index is 0.00978. The van der Waals surface area contributed by atoms with Gasteiger partial charge in [0.1, 0.15) is 12.2 Å². The molecule has 0 aromatic rings. The summed E-state index contributed by atoms with van der Waals surface area (Å²) in [4.78, 5) is 22.5. The van der Waals surface area contributed by atoms with Gasteiger partial charge in [-0.1, -0.05) is 150 Å². The van der Waals surface area contributed by atoms with Gasteiger partial charge in [0, 0.05) is 13.0 Å². The van der Waals surface area contributed by atoms with Crippen molar-refractivity contribution in [3.05, 3.63) is 85.1 Å². The first-order chi connectivity index (χ1) is 26.8. The number of carbonyl (C=O) groups is 1. The molecule has 0 saturated carbocycles. The molecule has 0 aliphatic rings. The number of phosphoric acid groups is 1. The van der Waals surface area contributed by atoms with E-state index in [1.165, 1.54) is 57.8 Å². The monoisotopic (exact) mass is 793 g/mol. The number of aliphatic hydroxyl groups is 2. The van der Waals surface area contributed by atoms with E-state index in [1.54, 1.807) is 0 Å². The predicted octanol–water partition coefficient (Wildman–Crippen LogP) is 11.5. The molecule has 0 aromatic carbocycles. The summed E-state index contributed by atoms with van der Waals surface area (Å²) in [7, 11) is -4.54. The van der Waals surface area contributed by atoms with E-state index < -0.39 is 45.8 Å². The van der Waals surface area contributed by atoms with Crippen LogP contribution in [0.2, 0.25) is 0 Å². The molecule has 9 nitrogen and oxygen atoms in total. The molecule has 0 spiro atoms. The lowest BCUT2D eigenvalue weighted by molar-refractivity contribution is -0.154. The molecule has 3 unspecified atom stereocenters. The fraction of sp³-hybridized carbons (Fsp3) is 0.667. The number of carbonyl (C=O) groups excluding carboxylic acids is 1. The SMILES string of the molecule is CC/C=C\C/C=C\C/C=C\C/C=C\C/C=C\C/C=C\CCC(=O)OC(COCCCCCCCC/C=C\CCCCCCC)COP(=O)(O)OCC(O)CO. The topological polar surface area (TPSA) is 132 Å². The van der Waals surface area contributed by atoms with Crippen LogP contribution in [0.4, 0.5) is 0 Å². The van der Waals surface area contributed by atoms with Gasteiger partial charge in [0.25, 0.3) is 0 Å². The van der Waals surface area contributed by atoms with Gasteiger partial charge < -0.3 is 24.6 Å². The Hall–Kier alpha value is -2.36. The molecule has 0 heterocycles. The number of hydrogen-bond acceptors (Lipinski definition) is 8. The zero-order valence-corrected chi connectivity index (χ0v) is 35.3. The van der Waals surface area contributed by atoms with E-state index in [0.29, 0.717) is 13.0 Å². The third-order valence-electron chi connectivity index (χ3n) is 8.33. The van der Waals surface area contributed by atoms with Gasteiger partial charge in [-0.2, -0.15) is 0 Å². The number of hydrogen-bond donors (Lipinski definition) is 3. The molecule has 0 saturated heterocycles. The summed E-state index contributed by atoms with van der Waals surface area (Å²) >= 11 is 0. The van der Waals surface area contributed by atoms with Crippen LogP contribution in [0.3, 0.4) is 0 Å². The van der Waals surface area contributed by atoms with Crippen molar-refractivity contribution in [1.29, 1.82) is 0 Å². The van der Waals surface area contributed by atoms with Crippen LogP contribution in [0.25, 0.3) is 0 Å². The highest BCUT2D eigenvalue weighted by molar-refractivity contribution is 7.47. The number of esters is 1. The van der Waals surface area contributed by atoms with Gasteiger partial charge in [0.15, 0.2) is 0 Å². The number of unbranched alkanes of at least 4 members (excludes halogenated alkanes) is 11. The van der Waals surface area contributed by atoms with Crippen LogP contribution in [0.15, 0.2) is 85.1 Å². The zero-order chi connectivity index (χ0) is 40.3. The average molecular weight is 793 g/mol. The first-order valence-corrected chi connectivity index (χ1v) is 22.6. The van der Waals surface area contributed by atoms with Gasteiger partial charge in [-0.05, 0) is 77.0 Å². The Bertz CT molecular complexity index is 1130. The van der Waals surface area contributed by atoms with E-state index in [9.17, 15) is 19.4 Å². The summed E-state index contributed by atoms with van der Waals surface area (Å²) in [6, 6.07) is 0. The lowest BCUT2D eigenvalue weighted by Gasteiger charge is -2.20. The zero-order valence-electron chi connectivity index (χ0n) is 34.4. The molecular formula is C45H77O9P. The maximum atomic E-state index is 12.6. The van der Waals surface area contributed by atoms with Gasteiger partial charge in [0.2, 0.25) is 0 Å². The van der Waals surface area contributed by atoms with Gasteiger partial charge in [-0.3, -0.25) is 13.8 Å². The summed E-state index contributed by atoms with van der Waals surface area (Å²) in [5.74, 6) is -0.469. The lowest BCUT2D eigenvalue weighted by Crippen LogP contribution is -2.29. The van der Waals surface area contributed by atoms with Crippen molar-refractivity contribution in [1.82, 2.24) is 0 Å². The number of rotatable bonds is 39. The molecule has 0 rings (SSSR count). The second-order valence-electron chi connectivity index (χ2n) is 13.6. The average Bonchev–Trinajstić information content (AvgIpc) is 3.18. The van der Waals surface area contributed by atoms with Crippen LogP contribution in [-0.4, -0.2) is 66.3 Å². The minimum atomic E-state index is -4.54. The Morgan fingerprint density at radius 3 is 1.56 bits per heavy atom. The summed E-state index contributed by atoms with van der Waals surface area (Å²) in [5.41, 5.74) is 0. The number of ether oxygens (including phenoxy) is 2. The van der Waals surface area contributed by atoms with Crippen LogP contribution in [-0.2, 0) is 27.9 Å². The highest BCUT2D eigenvalue weighted by Crippen LogP contribution is 2.43. The molecule has 55 heavy (non-hydrogen) atoms. The maximum Gasteiger partial charge on any atom is 0.472 e.